The standard InChI is InChI=1S/C19H17BrClNO3/c20-13-3-7-18-15(11-13)16(9-10-25-18)22-19(24)8-6-17(23)12-1-4-14(21)5-2-12/h1-5,7,11,16H,6,8-10H2,(H,22,24). The molecule has 1 heterocycles. The van der Waals surface area contributed by atoms with Crippen molar-refractivity contribution in [3.8, 4) is 5.75 Å². The first-order valence-electron chi connectivity index (χ1n) is 8.03. The van der Waals surface area contributed by atoms with Crippen LogP contribution in [0, 0.1) is 0 Å². The third-order valence-corrected chi connectivity index (χ3v) is 4.84. The molecule has 1 aliphatic rings. The van der Waals surface area contributed by atoms with Gasteiger partial charge in [0.1, 0.15) is 5.75 Å². The largest absolute Gasteiger partial charge is 0.493 e. The van der Waals surface area contributed by atoms with E-state index in [1.54, 1.807) is 24.3 Å². The molecule has 0 radical (unpaired) electrons. The number of ether oxygens (including phenoxy) is 1. The number of hydrogen-bond donors (Lipinski definition) is 1. The first-order valence-corrected chi connectivity index (χ1v) is 9.20. The van der Waals surface area contributed by atoms with E-state index in [2.05, 4.69) is 21.2 Å². The Bertz CT molecular complexity index is 792. The van der Waals surface area contributed by atoms with Gasteiger partial charge in [-0.2, -0.15) is 0 Å². The number of hydrogen-bond acceptors (Lipinski definition) is 3. The van der Waals surface area contributed by atoms with Gasteiger partial charge in [-0.05, 0) is 42.5 Å². The lowest BCUT2D eigenvalue weighted by molar-refractivity contribution is -0.122. The van der Waals surface area contributed by atoms with Gasteiger partial charge in [-0.3, -0.25) is 9.59 Å². The molecule has 1 aliphatic heterocycles. The van der Waals surface area contributed by atoms with Crippen LogP contribution in [0.5, 0.6) is 5.75 Å². The van der Waals surface area contributed by atoms with E-state index in [0.29, 0.717) is 23.6 Å². The van der Waals surface area contributed by atoms with Crippen molar-refractivity contribution in [2.24, 2.45) is 0 Å². The van der Waals surface area contributed by atoms with Gasteiger partial charge in [-0.15, -0.1) is 0 Å². The van der Waals surface area contributed by atoms with Crippen LogP contribution in [0.1, 0.15) is 41.2 Å². The zero-order valence-corrected chi connectivity index (χ0v) is 15.8. The molecule has 1 N–H and O–H groups in total. The van der Waals surface area contributed by atoms with Crippen molar-refractivity contribution in [2.75, 3.05) is 6.61 Å². The van der Waals surface area contributed by atoms with Crippen LogP contribution < -0.4 is 10.1 Å². The summed E-state index contributed by atoms with van der Waals surface area (Å²) in [7, 11) is 0. The summed E-state index contributed by atoms with van der Waals surface area (Å²) in [4.78, 5) is 24.4. The van der Waals surface area contributed by atoms with Crippen LogP contribution in [-0.4, -0.2) is 18.3 Å². The van der Waals surface area contributed by atoms with Gasteiger partial charge in [0.25, 0.3) is 0 Å². The summed E-state index contributed by atoms with van der Waals surface area (Å²) in [6, 6.07) is 12.4. The van der Waals surface area contributed by atoms with E-state index in [0.717, 1.165) is 15.8 Å². The van der Waals surface area contributed by atoms with Crippen LogP contribution in [0.2, 0.25) is 5.02 Å². The molecule has 2 aromatic rings. The van der Waals surface area contributed by atoms with Gasteiger partial charge in [-0.1, -0.05) is 27.5 Å². The highest BCUT2D eigenvalue weighted by molar-refractivity contribution is 9.10. The lowest BCUT2D eigenvalue weighted by atomic mass is 10.00. The maximum atomic E-state index is 12.3. The number of rotatable bonds is 5. The van der Waals surface area contributed by atoms with Crippen LogP contribution in [0.3, 0.4) is 0 Å². The minimum Gasteiger partial charge on any atom is -0.493 e. The van der Waals surface area contributed by atoms with Crippen LogP contribution in [0.15, 0.2) is 46.9 Å². The van der Waals surface area contributed by atoms with Gasteiger partial charge in [0.05, 0.1) is 12.6 Å². The van der Waals surface area contributed by atoms with Gasteiger partial charge < -0.3 is 10.1 Å². The number of ketones is 1. The fourth-order valence-electron chi connectivity index (χ4n) is 2.79. The van der Waals surface area contributed by atoms with E-state index in [1.165, 1.54) is 0 Å². The Morgan fingerprint density at radius 2 is 1.92 bits per heavy atom. The molecule has 6 heteroatoms. The van der Waals surface area contributed by atoms with Crippen molar-refractivity contribution < 1.29 is 14.3 Å². The molecule has 0 saturated carbocycles. The molecule has 0 fully saturated rings. The smallest absolute Gasteiger partial charge is 0.220 e. The Labute approximate surface area is 159 Å². The molecule has 130 valence electrons. The van der Waals surface area contributed by atoms with Crippen LogP contribution in [0.25, 0.3) is 0 Å². The number of carbonyl (C=O) groups excluding carboxylic acids is 2. The molecular weight excluding hydrogens is 406 g/mol. The SMILES string of the molecule is O=C(CCC(=O)c1ccc(Cl)cc1)NC1CCOc2ccc(Br)cc21. The Balaban J connectivity index is 1.58. The van der Waals surface area contributed by atoms with Crippen molar-refractivity contribution >= 4 is 39.2 Å². The zero-order chi connectivity index (χ0) is 17.8. The highest BCUT2D eigenvalue weighted by atomic mass is 79.9. The first kappa shape index (κ1) is 18.0. The Kier molecular flexibility index (Phi) is 5.76. The van der Waals surface area contributed by atoms with E-state index in [9.17, 15) is 9.59 Å². The number of carbonyl (C=O) groups is 2. The van der Waals surface area contributed by atoms with E-state index >= 15 is 0 Å². The van der Waals surface area contributed by atoms with Crippen molar-refractivity contribution in [3.63, 3.8) is 0 Å². The number of halogens is 2. The quantitative estimate of drug-likeness (QED) is 0.710. The summed E-state index contributed by atoms with van der Waals surface area (Å²) in [5.41, 5.74) is 1.52. The summed E-state index contributed by atoms with van der Waals surface area (Å²) >= 11 is 9.26. The summed E-state index contributed by atoms with van der Waals surface area (Å²) in [5, 5.41) is 3.59. The Morgan fingerprint density at radius 3 is 2.68 bits per heavy atom. The van der Waals surface area contributed by atoms with E-state index < -0.39 is 0 Å². The average molecular weight is 423 g/mol. The van der Waals surface area contributed by atoms with Gasteiger partial charge in [0.2, 0.25) is 5.91 Å². The second kappa shape index (κ2) is 8.02. The van der Waals surface area contributed by atoms with Crippen molar-refractivity contribution in [3.05, 3.63) is 63.1 Å². The number of Topliss-reactive ketones (excluding diaryl/α,β-unsaturated/α-hetero) is 1. The van der Waals surface area contributed by atoms with Crippen molar-refractivity contribution in [2.45, 2.75) is 25.3 Å². The molecule has 0 bridgehead atoms. The second-order valence-electron chi connectivity index (χ2n) is 5.87. The van der Waals surface area contributed by atoms with Gasteiger partial charge in [0, 0.05) is 39.9 Å². The molecule has 1 atom stereocenters. The maximum absolute atomic E-state index is 12.3. The molecule has 4 nitrogen and oxygen atoms in total. The first-order chi connectivity index (χ1) is 12.0. The molecule has 1 amide bonds. The molecule has 3 rings (SSSR count). The molecule has 0 saturated heterocycles. The van der Waals surface area contributed by atoms with E-state index in [-0.39, 0.29) is 30.6 Å². The van der Waals surface area contributed by atoms with Crippen molar-refractivity contribution in [1.29, 1.82) is 0 Å². The molecule has 0 aliphatic carbocycles. The van der Waals surface area contributed by atoms with Crippen LogP contribution >= 0.6 is 27.5 Å². The third kappa shape index (κ3) is 4.61. The number of amides is 1. The topological polar surface area (TPSA) is 55.4 Å². The summed E-state index contributed by atoms with van der Waals surface area (Å²) < 4.78 is 6.56. The average Bonchev–Trinajstić information content (AvgIpc) is 2.61. The minimum atomic E-state index is -0.139. The number of benzene rings is 2. The Hall–Kier alpha value is -1.85. The summed E-state index contributed by atoms with van der Waals surface area (Å²) in [6.45, 7) is 0.559. The van der Waals surface area contributed by atoms with E-state index in [4.69, 9.17) is 16.3 Å². The summed E-state index contributed by atoms with van der Waals surface area (Å²) in [6.07, 6.45) is 1.03. The maximum Gasteiger partial charge on any atom is 0.220 e. The van der Waals surface area contributed by atoms with Crippen molar-refractivity contribution in [1.82, 2.24) is 5.32 Å². The molecule has 25 heavy (non-hydrogen) atoms. The summed E-state index contributed by atoms with van der Waals surface area (Å²) in [5.74, 6) is 0.582. The highest BCUT2D eigenvalue weighted by Crippen LogP contribution is 2.34. The fourth-order valence-corrected chi connectivity index (χ4v) is 3.29. The molecule has 0 aromatic heterocycles. The normalized spacial score (nSPS) is 15.8. The lowest BCUT2D eigenvalue weighted by Crippen LogP contribution is -2.32. The monoisotopic (exact) mass is 421 g/mol. The van der Waals surface area contributed by atoms with Crippen LogP contribution in [0.4, 0.5) is 0 Å². The third-order valence-electron chi connectivity index (χ3n) is 4.09. The predicted molar refractivity (Wildman–Crippen MR) is 100 cm³/mol. The second-order valence-corrected chi connectivity index (χ2v) is 7.22. The molecular formula is C19H17BrClNO3. The Morgan fingerprint density at radius 1 is 1.16 bits per heavy atom. The fraction of sp³-hybridized carbons (Fsp3) is 0.263. The van der Waals surface area contributed by atoms with Crippen LogP contribution in [-0.2, 0) is 4.79 Å². The lowest BCUT2D eigenvalue weighted by Gasteiger charge is -2.27. The van der Waals surface area contributed by atoms with E-state index in [1.807, 2.05) is 18.2 Å². The van der Waals surface area contributed by atoms with Gasteiger partial charge >= 0.3 is 0 Å². The highest BCUT2D eigenvalue weighted by Gasteiger charge is 2.23. The van der Waals surface area contributed by atoms with Gasteiger partial charge in [-0.25, -0.2) is 0 Å². The number of fused-ring (bicyclic) bond motifs is 1. The van der Waals surface area contributed by atoms with Gasteiger partial charge in [0.15, 0.2) is 5.78 Å². The predicted octanol–water partition coefficient (Wildman–Crippen LogP) is 4.71. The molecule has 0 spiro atoms. The minimum absolute atomic E-state index is 0.0676. The zero-order valence-electron chi connectivity index (χ0n) is 13.4. The molecule has 2 aromatic carbocycles. The number of nitrogens with one attached hydrogen (secondary N) is 1. The molecule has 1 unspecified atom stereocenters.